The van der Waals surface area contributed by atoms with Gasteiger partial charge in [0.25, 0.3) is 0 Å². The third-order valence-corrected chi connectivity index (χ3v) is 2.86. The van der Waals surface area contributed by atoms with Gasteiger partial charge in [0.05, 0.1) is 11.3 Å². The van der Waals surface area contributed by atoms with Crippen LogP contribution in [0.4, 0.5) is 0 Å². The van der Waals surface area contributed by atoms with E-state index in [4.69, 9.17) is 5.26 Å². The van der Waals surface area contributed by atoms with Crippen LogP contribution in [0.3, 0.4) is 0 Å². The molecule has 84 valence electrons. The molecule has 0 aliphatic carbocycles. The fourth-order valence-electron chi connectivity index (χ4n) is 1.91. The zero-order valence-corrected chi connectivity index (χ0v) is 10.3. The lowest BCUT2D eigenvalue weighted by atomic mass is 9.99. The summed E-state index contributed by atoms with van der Waals surface area (Å²) in [6.07, 6.45) is 1.63. The van der Waals surface area contributed by atoms with Gasteiger partial charge in [0, 0.05) is 11.8 Å². The SMILES string of the molecule is Cc1ccc(C)c(-c2ncc(C#N)cc2C)c1. The monoisotopic (exact) mass is 222 g/mol. The van der Waals surface area contributed by atoms with Crippen LogP contribution >= 0.6 is 0 Å². The normalized spacial score (nSPS) is 10.0. The van der Waals surface area contributed by atoms with Gasteiger partial charge in [-0.05, 0) is 44.0 Å². The lowest BCUT2D eigenvalue weighted by Gasteiger charge is -2.09. The van der Waals surface area contributed by atoms with Crippen molar-refractivity contribution in [3.8, 4) is 17.3 Å². The summed E-state index contributed by atoms with van der Waals surface area (Å²) in [5.74, 6) is 0. The summed E-state index contributed by atoms with van der Waals surface area (Å²) in [5, 5.41) is 8.83. The highest BCUT2D eigenvalue weighted by atomic mass is 14.7. The Morgan fingerprint density at radius 1 is 1.06 bits per heavy atom. The second-order valence-corrected chi connectivity index (χ2v) is 4.32. The van der Waals surface area contributed by atoms with Gasteiger partial charge in [-0.15, -0.1) is 0 Å². The fourth-order valence-corrected chi connectivity index (χ4v) is 1.91. The molecule has 0 fully saturated rings. The van der Waals surface area contributed by atoms with Crippen LogP contribution in [-0.2, 0) is 0 Å². The van der Waals surface area contributed by atoms with Gasteiger partial charge < -0.3 is 0 Å². The van der Waals surface area contributed by atoms with Gasteiger partial charge in [-0.1, -0.05) is 17.7 Å². The summed E-state index contributed by atoms with van der Waals surface area (Å²) >= 11 is 0. The molecule has 0 N–H and O–H groups in total. The molecule has 1 aromatic heterocycles. The van der Waals surface area contributed by atoms with E-state index < -0.39 is 0 Å². The number of aryl methyl sites for hydroxylation is 3. The number of hydrogen-bond donors (Lipinski definition) is 0. The Hall–Kier alpha value is -2.14. The smallest absolute Gasteiger partial charge is 0.101 e. The highest BCUT2D eigenvalue weighted by Crippen LogP contribution is 2.25. The number of pyridine rings is 1. The third kappa shape index (κ3) is 2.19. The lowest BCUT2D eigenvalue weighted by Crippen LogP contribution is -1.93. The van der Waals surface area contributed by atoms with E-state index in [0.717, 1.165) is 16.8 Å². The van der Waals surface area contributed by atoms with Gasteiger partial charge in [-0.3, -0.25) is 4.98 Å². The van der Waals surface area contributed by atoms with E-state index in [1.54, 1.807) is 6.20 Å². The van der Waals surface area contributed by atoms with Gasteiger partial charge in [-0.25, -0.2) is 0 Å². The molecule has 0 spiro atoms. The average Bonchev–Trinajstić information content (AvgIpc) is 2.32. The number of hydrogen-bond acceptors (Lipinski definition) is 2. The van der Waals surface area contributed by atoms with Crippen LogP contribution in [0.25, 0.3) is 11.3 Å². The van der Waals surface area contributed by atoms with Crippen molar-refractivity contribution in [1.82, 2.24) is 4.98 Å². The van der Waals surface area contributed by atoms with E-state index in [9.17, 15) is 0 Å². The van der Waals surface area contributed by atoms with E-state index >= 15 is 0 Å². The predicted molar refractivity (Wildman–Crippen MR) is 68.6 cm³/mol. The van der Waals surface area contributed by atoms with Gasteiger partial charge in [0.1, 0.15) is 6.07 Å². The Balaban J connectivity index is 2.61. The van der Waals surface area contributed by atoms with Crippen LogP contribution in [0, 0.1) is 32.1 Å². The molecule has 0 aliphatic heterocycles. The highest BCUT2D eigenvalue weighted by Gasteiger charge is 2.07. The molecule has 2 heteroatoms. The van der Waals surface area contributed by atoms with Gasteiger partial charge in [0.2, 0.25) is 0 Å². The van der Waals surface area contributed by atoms with Gasteiger partial charge >= 0.3 is 0 Å². The van der Waals surface area contributed by atoms with Crippen LogP contribution in [0.1, 0.15) is 22.3 Å². The number of nitriles is 1. The molecule has 2 rings (SSSR count). The van der Waals surface area contributed by atoms with E-state index in [-0.39, 0.29) is 0 Å². The topological polar surface area (TPSA) is 36.7 Å². The Kier molecular flexibility index (Phi) is 2.93. The van der Waals surface area contributed by atoms with Gasteiger partial charge in [-0.2, -0.15) is 5.26 Å². The standard InChI is InChI=1S/C15H14N2/c1-10-4-5-11(2)14(6-10)15-12(3)7-13(8-16)9-17-15/h4-7,9H,1-3H3. The zero-order chi connectivity index (χ0) is 12.4. The van der Waals surface area contributed by atoms with Crippen molar-refractivity contribution in [3.05, 3.63) is 52.7 Å². The van der Waals surface area contributed by atoms with Crippen molar-refractivity contribution in [2.24, 2.45) is 0 Å². The van der Waals surface area contributed by atoms with Crippen LogP contribution < -0.4 is 0 Å². The molecule has 17 heavy (non-hydrogen) atoms. The Morgan fingerprint density at radius 3 is 2.47 bits per heavy atom. The summed E-state index contributed by atoms with van der Waals surface area (Å²) in [5.41, 5.74) is 6.18. The predicted octanol–water partition coefficient (Wildman–Crippen LogP) is 3.55. The first-order valence-electron chi connectivity index (χ1n) is 5.56. The number of benzene rings is 1. The fraction of sp³-hybridized carbons (Fsp3) is 0.200. The second-order valence-electron chi connectivity index (χ2n) is 4.32. The van der Waals surface area contributed by atoms with Crippen molar-refractivity contribution in [2.75, 3.05) is 0 Å². The third-order valence-electron chi connectivity index (χ3n) is 2.86. The van der Waals surface area contributed by atoms with Crippen molar-refractivity contribution in [3.63, 3.8) is 0 Å². The van der Waals surface area contributed by atoms with Crippen molar-refractivity contribution in [1.29, 1.82) is 5.26 Å². The minimum atomic E-state index is 0.608. The molecular weight excluding hydrogens is 208 g/mol. The highest BCUT2D eigenvalue weighted by molar-refractivity contribution is 5.67. The van der Waals surface area contributed by atoms with E-state index in [1.165, 1.54) is 11.1 Å². The minimum Gasteiger partial charge on any atom is -0.255 e. The number of aromatic nitrogens is 1. The van der Waals surface area contributed by atoms with Crippen molar-refractivity contribution < 1.29 is 0 Å². The molecule has 0 atom stereocenters. The van der Waals surface area contributed by atoms with Crippen LogP contribution in [0.15, 0.2) is 30.5 Å². The molecule has 0 unspecified atom stereocenters. The van der Waals surface area contributed by atoms with Crippen molar-refractivity contribution >= 4 is 0 Å². The maximum absolute atomic E-state index is 8.83. The van der Waals surface area contributed by atoms with E-state index in [2.05, 4.69) is 43.1 Å². The summed E-state index contributed by atoms with van der Waals surface area (Å²) in [4.78, 5) is 4.40. The largest absolute Gasteiger partial charge is 0.255 e. The molecule has 0 amide bonds. The molecule has 2 nitrogen and oxygen atoms in total. The first-order valence-corrected chi connectivity index (χ1v) is 5.56. The first-order chi connectivity index (χ1) is 8.11. The maximum atomic E-state index is 8.83. The van der Waals surface area contributed by atoms with E-state index in [1.807, 2.05) is 13.0 Å². The average molecular weight is 222 g/mol. The Labute approximate surface area is 102 Å². The van der Waals surface area contributed by atoms with Crippen LogP contribution in [0.2, 0.25) is 0 Å². The first kappa shape index (κ1) is 11.3. The number of nitrogens with zero attached hydrogens (tertiary/aromatic N) is 2. The van der Waals surface area contributed by atoms with Crippen LogP contribution in [0.5, 0.6) is 0 Å². The molecule has 2 aromatic rings. The van der Waals surface area contributed by atoms with E-state index in [0.29, 0.717) is 5.56 Å². The zero-order valence-electron chi connectivity index (χ0n) is 10.3. The summed E-state index contributed by atoms with van der Waals surface area (Å²) in [6.45, 7) is 6.14. The Bertz CT molecular complexity index is 607. The maximum Gasteiger partial charge on any atom is 0.101 e. The summed E-state index contributed by atoms with van der Waals surface area (Å²) < 4.78 is 0. The Morgan fingerprint density at radius 2 is 1.82 bits per heavy atom. The lowest BCUT2D eigenvalue weighted by molar-refractivity contribution is 1.23. The van der Waals surface area contributed by atoms with Crippen molar-refractivity contribution in [2.45, 2.75) is 20.8 Å². The summed E-state index contributed by atoms with van der Waals surface area (Å²) in [6, 6.07) is 10.3. The quantitative estimate of drug-likeness (QED) is 0.739. The number of rotatable bonds is 1. The second kappa shape index (κ2) is 4.39. The van der Waals surface area contributed by atoms with Crippen LogP contribution in [-0.4, -0.2) is 4.98 Å². The summed E-state index contributed by atoms with van der Waals surface area (Å²) in [7, 11) is 0. The minimum absolute atomic E-state index is 0.608. The molecule has 1 heterocycles. The molecule has 1 aromatic carbocycles. The molecule has 0 radical (unpaired) electrons. The van der Waals surface area contributed by atoms with Gasteiger partial charge in [0.15, 0.2) is 0 Å². The molecule has 0 bridgehead atoms. The molecular formula is C15H14N2. The molecule has 0 aliphatic rings. The molecule has 0 saturated carbocycles. The molecule has 0 saturated heterocycles.